The number of amides is 1. The monoisotopic (exact) mass is 321 g/mol. The van der Waals surface area contributed by atoms with Gasteiger partial charge in [-0.05, 0) is 37.3 Å². The molecule has 0 aliphatic rings. The molecular weight excluding hydrogens is 294 g/mol. The molecule has 0 bridgehead atoms. The summed E-state index contributed by atoms with van der Waals surface area (Å²) in [5.74, 6) is -0.814. The fourth-order valence-corrected chi connectivity index (χ4v) is 2.20. The largest absolute Gasteiger partial charge is 0.480 e. The van der Waals surface area contributed by atoms with Gasteiger partial charge in [0.2, 0.25) is 0 Å². The van der Waals surface area contributed by atoms with Crippen LogP contribution in [0.5, 0.6) is 5.75 Å². The highest BCUT2D eigenvalue weighted by Gasteiger charge is 2.35. The number of rotatable bonds is 7. The molecule has 0 aliphatic heterocycles. The van der Waals surface area contributed by atoms with Crippen molar-refractivity contribution in [2.45, 2.75) is 59.1 Å². The standard InChI is InChI=1S/C18H27NO4/c1-11(2)13-9-7-8-10-14(13)23-18(5,6)17(22)19-15(12(3)4)16(20)21/h7-12,15H,1-6H3,(H,19,22)(H,20,21). The highest BCUT2D eigenvalue weighted by atomic mass is 16.5. The van der Waals surface area contributed by atoms with Gasteiger partial charge in [0.05, 0.1) is 0 Å². The van der Waals surface area contributed by atoms with E-state index in [4.69, 9.17) is 4.74 Å². The third-order valence-corrected chi connectivity index (χ3v) is 3.67. The summed E-state index contributed by atoms with van der Waals surface area (Å²) in [6.07, 6.45) is 0. The number of ether oxygens (including phenoxy) is 1. The molecule has 5 nitrogen and oxygen atoms in total. The maximum absolute atomic E-state index is 12.5. The Labute approximate surface area is 138 Å². The fourth-order valence-electron chi connectivity index (χ4n) is 2.20. The number of para-hydroxylation sites is 1. The van der Waals surface area contributed by atoms with Gasteiger partial charge in [0.25, 0.3) is 5.91 Å². The molecule has 1 atom stereocenters. The molecule has 0 spiro atoms. The zero-order valence-corrected chi connectivity index (χ0v) is 14.7. The van der Waals surface area contributed by atoms with E-state index >= 15 is 0 Å². The Kier molecular flexibility index (Phi) is 6.19. The quantitative estimate of drug-likeness (QED) is 0.808. The first-order chi connectivity index (χ1) is 10.6. The van der Waals surface area contributed by atoms with Crippen LogP contribution in [0.3, 0.4) is 0 Å². The normalized spacial score (nSPS) is 13.0. The van der Waals surface area contributed by atoms with E-state index in [1.54, 1.807) is 27.7 Å². The van der Waals surface area contributed by atoms with E-state index in [1.807, 2.05) is 24.3 Å². The smallest absolute Gasteiger partial charge is 0.326 e. The van der Waals surface area contributed by atoms with Crippen LogP contribution < -0.4 is 10.1 Å². The number of hydrogen-bond acceptors (Lipinski definition) is 3. The molecule has 1 aromatic rings. The van der Waals surface area contributed by atoms with Gasteiger partial charge in [-0.3, -0.25) is 4.79 Å². The summed E-state index contributed by atoms with van der Waals surface area (Å²) in [5.41, 5.74) is -0.167. The Morgan fingerprint density at radius 2 is 1.70 bits per heavy atom. The van der Waals surface area contributed by atoms with E-state index in [0.717, 1.165) is 5.56 Å². The molecule has 1 amide bonds. The van der Waals surface area contributed by atoms with Gasteiger partial charge in [0.15, 0.2) is 5.60 Å². The molecule has 1 aromatic carbocycles. The zero-order valence-electron chi connectivity index (χ0n) is 14.7. The lowest BCUT2D eigenvalue weighted by Crippen LogP contribution is -2.53. The van der Waals surface area contributed by atoms with E-state index in [0.29, 0.717) is 5.75 Å². The summed E-state index contributed by atoms with van der Waals surface area (Å²) in [4.78, 5) is 23.7. The van der Waals surface area contributed by atoms with Crippen LogP contribution in [-0.2, 0) is 9.59 Å². The van der Waals surface area contributed by atoms with E-state index < -0.39 is 23.5 Å². The first-order valence-electron chi connectivity index (χ1n) is 7.88. The topological polar surface area (TPSA) is 75.6 Å². The van der Waals surface area contributed by atoms with E-state index in [-0.39, 0.29) is 11.8 Å². The molecule has 5 heteroatoms. The van der Waals surface area contributed by atoms with Gasteiger partial charge in [-0.2, -0.15) is 0 Å². The van der Waals surface area contributed by atoms with Gasteiger partial charge >= 0.3 is 5.97 Å². The highest BCUT2D eigenvalue weighted by molar-refractivity contribution is 5.89. The second-order valence-electron chi connectivity index (χ2n) is 6.84. The number of carbonyl (C=O) groups is 2. The van der Waals surface area contributed by atoms with Crippen molar-refractivity contribution < 1.29 is 19.4 Å². The van der Waals surface area contributed by atoms with Crippen LogP contribution in [-0.4, -0.2) is 28.6 Å². The summed E-state index contributed by atoms with van der Waals surface area (Å²) in [5, 5.41) is 11.8. The summed E-state index contributed by atoms with van der Waals surface area (Å²) >= 11 is 0. The SMILES string of the molecule is CC(C)c1ccccc1OC(C)(C)C(=O)NC(C(=O)O)C(C)C. The average Bonchev–Trinajstić information content (AvgIpc) is 2.43. The van der Waals surface area contributed by atoms with Crippen LogP contribution in [0.1, 0.15) is 53.0 Å². The number of nitrogens with one attached hydrogen (secondary N) is 1. The minimum absolute atomic E-state index is 0.213. The van der Waals surface area contributed by atoms with Crippen LogP contribution >= 0.6 is 0 Å². The van der Waals surface area contributed by atoms with Crippen molar-refractivity contribution in [2.75, 3.05) is 0 Å². The summed E-state index contributed by atoms with van der Waals surface area (Å²) in [6, 6.07) is 6.62. The number of benzene rings is 1. The van der Waals surface area contributed by atoms with Gasteiger partial charge in [-0.25, -0.2) is 4.79 Å². The number of carboxylic acids is 1. The Morgan fingerprint density at radius 1 is 1.13 bits per heavy atom. The molecule has 1 rings (SSSR count). The molecule has 0 fully saturated rings. The molecule has 2 N–H and O–H groups in total. The van der Waals surface area contributed by atoms with Crippen molar-refractivity contribution in [3.63, 3.8) is 0 Å². The maximum Gasteiger partial charge on any atom is 0.326 e. The van der Waals surface area contributed by atoms with Gasteiger partial charge in [0, 0.05) is 0 Å². The molecule has 128 valence electrons. The Hall–Kier alpha value is -2.04. The second-order valence-corrected chi connectivity index (χ2v) is 6.84. The van der Waals surface area contributed by atoms with Gasteiger partial charge < -0.3 is 15.2 Å². The minimum Gasteiger partial charge on any atom is -0.480 e. The highest BCUT2D eigenvalue weighted by Crippen LogP contribution is 2.29. The first kappa shape index (κ1) is 19.0. The van der Waals surface area contributed by atoms with Crippen LogP contribution in [0.25, 0.3) is 0 Å². The lowest BCUT2D eigenvalue weighted by Gasteiger charge is -2.29. The third-order valence-electron chi connectivity index (χ3n) is 3.67. The second kappa shape index (κ2) is 7.49. The summed E-state index contributed by atoms with van der Waals surface area (Å²) in [7, 11) is 0. The van der Waals surface area contributed by atoms with Crippen LogP contribution in [0, 0.1) is 5.92 Å². The molecule has 0 radical (unpaired) electrons. The van der Waals surface area contributed by atoms with Gasteiger partial charge in [-0.15, -0.1) is 0 Å². The maximum atomic E-state index is 12.5. The summed E-state index contributed by atoms with van der Waals surface area (Å²) < 4.78 is 5.91. The average molecular weight is 321 g/mol. The van der Waals surface area contributed by atoms with Crippen molar-refractivity contribution >= 4 is 11.9 Å². The van der Waals surface area contributed by atoms with Crippen LogP contribution in [0.2, 0.25) is 0 Å². The molecule has 0 heterocycles. The van der Waals surface area contributed by atoms with Crippen molar-refractivity contribution in [3.05, 3.63) is 29.8 Å². The molecule has 0 aromatic heterocycles. The Morgan fingerprint density at radius 3 is 2.17 bits per heavy atom. The lowest BCUT2D eigenvalue weighted by molar-refractivity contribution is -0.146. The van der Waals surface area contributed by atoms with Crippen molar-refractivity contribution in [2.24, 2.45) is 5.92 Å². The number of carboxylic acid groups (broad SMARTS) is 1. The number of carbonyl (C=O) groups excluding carboxylic acids is 1. The van der Waals surface area contributed by atoms with Gasteiger partial charge in [-0.1, -0.05) is 45.9 Å². The molecule has 0 saturated carbocycles. The van der Waals surface area contributed by atoms with Gasteiger partial charge in [0.1, 0.15) is 11.8 Å². The van der Waals surface area contributed by atoms with E-state index in [9.17, 15) is 14.7 Å². The number of aliphatic carboxylic acids is 1. The lowest BCUT2D eigenvalue weighted by atomic mass is 10.0. The predicted molar refractivity (Wildman–Crippen MR) is 89.6 cm³/mol. The van der Waals surface area contributed by atoms with E-state index in [1.165, 1.54) is 0 Å². The molecule has 0 aliphatic carbocycles. The minimum atomic E-state index is -1.17. The fraction of sp³-hybridized carbons (Fsp3) is 0.556. The van der Waals surface area contributed by atoms with Crippen molar-refractivity contribution in [1.29, 1.82) is 0 Å². The van der Waals surface area contributed by atoms with Crippen LogP contribution in [0.4, 0.5) is 0 Å². The third kappa shape index (κ3) is 4.98. The van der Waals surface area contributed by atoms with Crippen molar-refractivity contribution in [1.82, 2.24) is 5.32 Å². The number of hydrogen-bond donors (Lipinski definition) is 2. The Bertz CT molecular complexity index is 564. The molecule has 23 heavy (non-hydrogen) atoms. The predicted octanol–water partition coefficient (Wildman–Crippen LogP) is 3.19. The molecule has 0 saturated heterocycles. The van der Waals surface area contributed by atoms with Crippen molar-refractivity contribution in [3.8, 4) is 5.75 Å². The van der Waals surface area contributed by atoms with E-state index in [2.05, 4.69) is 19.2 Å². The molecular formula is C18H27NO4. The summed E-state index contributed by atoms with van der Waals surface area (Å²) in [6.45, 7) is 10.9. The molecule has 1 unspecified atom stereocenters. The Balaban J connectivity index is 2.94. The zero-order chi connectivity index (χ0) is 17.8. The first-order valence-corrected chi connectivity index (χ1v) is 7.88. The van der Waals surface area contributed by atoms with Crippen LogP contribution in [0.15, 0.2) is 24.3 Å².